The van der Waals surface area contributed by atoms with E-state index in [0.717, 1.165) is 18.5 Å². The molecule has 0 bridgehead atoms. The number of guanidine groups is 1. The van der Waals surface area contributed by atoms with Crippen LogP contribution >= 0.6 is 0 Å². The number of pyridine rings is 1. The highest BCUT2D eigenvalue weighted by Crippen LogP contribution is 2.11. The Labute approximate surface area is 110 Å². The Morgan fingerprint density at radius 2 is 2.37 bits per heavy atom. The average Bonchev–Trinajstić information content (AvgIpc) is 2.41. The van der Waals surface area contributed by atoms with Crippen LogP contribution in [-0.2, 0) is 6.54 Å². The first kappa shape index (κ1) is 15.1. The van der Waals surface area contributed by atoms with Gasteiger partial charge < -0.3 is 15.8 Å². The quantitative estimate of drug-likeness (QED) is 0.583. The number of nitrogens with one attached hydrogen (secondary N) is 1. The molecule has 0 radical (unpaired) electrons. The summed E-state index contributed by atoms with van der Waals surface area (Å²) < 4.78 is 28.8. The molecule has 5 nitrogen and oxygen atoms in total. The smallest absolute Gasteiger partial charge is 0.272 e. The molecule has 0 unspecified atom stereocenters. The van der Waals surface area contributed by atoms with E-state index < -0.39 is 13.0 Å². The minimum Gasteiger partial charge on any atom is -0.472 e. The van der Waals surface area contributed by atoms with E-state index >= 15 is 0 Å². The van der Waals surface area contributed by atoms with Gasteiger partial charge >= 0.3 is 0 Å². The van der Waals surface area contributed by atoms with Gasteiger partial charge in [-0.05, 0) is 18.1 Å². The maximum atomic E-state index is 12.0. The predicted molar refractivity (Wildman–Crippen MR) is 69.4 cm³/mol. The van der Waals surface area contributed by atoms with Gasteiger partial charge in [0, 0.05) is 18.8 Å². The summed E-state index contributed by atoms with van der Waals surface area (Å²) in [6.45, 7) is 2.46. The second kappa shape index (κ2) is 8.23. The number of nitrogens with two attached hydrogens (primary N) is 1. The molecule has 0 amide bonds. The van der Waals surface area contributed by atoms with Gasteiger partial charge in [-0.15, -0.1) is 0 Å². The van der Waals surface area contributed by atoms with Gasteiger partial charge in [0.15, 0.2) is 12.6 Å². The monoisotopic (exact) mass is 272 g/mol. The summed E-state index contributed by atoms with van der Waals surface area (Å²) in [6, 6.07) is 3.30. The molecule has 1 aromatic rings. The van der Waals surface area contributed by atoms with Crippen molar-refractivity contribution in [2.75, 3.05) is 13.2 Å². The van der Waals surface area contributed by atoms with E-state index in [9.17, 15) is 8.78 Å². The maximum absolute atomic E-state index is 12.0. The summed E-state index contributed by atoms with van der Waals surface area (Å²) in [5.74, 6) is 0.516. The molecule has 0 atom stereocenters. The van der Waals surface area contributed by atoms with Crippen molar-refractivity contribution in [1.29, 1.82) is 0 Å². The van der Waals surface area contributed by atoms with Crippen molar-refractivity contribution in [2.24, 2.45) is 10.7 Å². The third kappa shape index (κ3) is 6.54. The summed E-state index contributed by atoms with van der Waals surface area (Å²) in [4.78, 5) is 7.96. The van der Waals surface area contributed by atoms with Gasteiger partial charge in [0.1, 0.15) is 0 Å². The van der Waals surface area contributed by atoms with Crippen LogP contribution in [0.2, 0.25) is 0 Å². The molecule has 106 valence electrons. The number of alkyl halides is 2. The van der Waals surface area contributed by atoms with Crippen LogP contribution in [0.25, 0.3) is 0 Å². The zero-order valence-corrected chi connectivity index (χ0v) is 10.8. The van der Waals surface area contributed by atoms with Gasteiger partial charge in [-0.2, -0.15) is 0 Å². The summed E-state index contributed by atoms with van der Waals surface area (Å²) in [7, 11) is 0. The molecule has 0 aliphatic rings. The number of hydrogen-bond donors (Lipinski definition) is 2. The molecular weight excluding hydrogens is 254 g/mol. The van der Waals surface area contributed by atoms with Crippen LogP contribution in [0, 0.1) is 0 Å². The first-order chi connectivity index (χ1) is 9.11. The third-order valence-electron chi connectivity index (χ3n) is 2.14. The van der Waals surface area contributed by atoms with E-state index in [4.69, 9.17) is 10.5 Å². The van der Waals surface area contributed by atoms with Crippen molar-refractivity contribution in [1.82, 2.24) is 10.3 Å². The first-order valence-electron chi connectivity index (χ1n) is 6.01. The summed E-state index contributed by atoms with van der Waals surface area (Å²) in [6.07, 6.45) is -0.0735. The molecule has 0 saturated carbocycles. The number of nitrogens with zero attached hydrogens (tertiary/aromatic N) is 2. The Morgan fingerprint density at radius 1 is 1.58 bits per heavy atom. The fourth-order valence-corrected chi connectivity index (χ4v) is 1.26. The first-order valence-corrected chi connectivity index (χ1v) is 6.01. The lowest BCUT2D eigenvalue weighted by molar-refractivity contribution is 0.0795. The Hall–Kier alpha value is -1.92. The minimum atomic E-state index is -2.52. The van der Waals surface area contributed by atoms with E-state index in [1.54, 1.807) is 12.1 Å². The van der Waals surface area contributed by atoms with Crippen LogP contribution in [0.5, 0.6) is 5.88 Å². The zero-order valence-electron chi connectivity index (χ0n) is 10.8. The lowest BCUT2D eigenvalue weighted by Gasteiger charge is -2.06. The van der Waals surface area contributed by atoms with Crippen molar-refractivity contribution in [3.05, 3.63) is 23.9 Å². The number of aliphatic imine (C=N–C) groups is 1. The predicted octanol–water partition coefficient (Wildman–Crippen LogP) is 1.54. The van der Waals surface area contributed by atoms with Crippen LogP contribution in [0.15, 0.2) is 23.3 Å². The van der Waals surface area contributed by atoms with Gasteiger partial charge in [0.05, 0.1) is 6.54 Å². The Bertz CT molecular complexity index is 412. The van der Waals surface area contributed by atoms with E-state index in [-0.39, 0.29) is 5.88 Å². The van der Waals surface area contributed by atoms with Gasteiger partial charge in [-0.3, -0.25) is 0 Å². The number of aromatic nitrogens is 1. The normalized spacial score (nSPS) is 11.7. The minimum absolute atomic E-state index is 0.160. The van der Waals surface area contributed by atoms with Crippen LogP contribution in [0.1, 0.15) is 18.9 Å². The lowest BCUT2D eigenvalue weighted by atomic mass is 10.3. The Kier molecular flexibility index (Phi) is 6.56. The molecular formula is C12H18F2N4O. The van der Waals surface area contributed by atoms with E-state index in [0.29, 0.717) is 12.5 Å². The molecule has 0 aliphatic carbocycles. The molecule has 0 aliphatic heterocycles. The van der Waals surface area contributed by atoms with Crippen molar-refractivity contribution >= 4 is 5.96 Å². The molecule has 3 N–H and O–H groups in total. The lowest BCUT2D eigenvalue weighted by Crippen LogP contribution is -2.32. The molecule has 7 heteroatoms. The topological polar surface area (TPSA) is 72.5 Å². The number of hydrogen-bond acceptors (Lipinski definition) is 3. The summed E-state index contributed by atoms with van der Waals surface area (Å²) in [5, 5.41) is 2.94. The SMILES string of the molecule is CCCNC(N)=NCc1ccnc(OCC(F)F)c1. The molecule has 0 fully saturated rings. The fraction of sp³-hybridized carbons (Fsp3) is 0.500. The fourth-order valence-electron chi connectivity index (χ4n) is 1.26. The van der Waals surface area contributed by atoms with Gasteiger partial charge in [-0.1, -0.05) is 6.92 Å². The highest BCUT2D eigenvalue weighted by molar-refractivity contribution is 5.77. The number of ether oxygens (including phenoxy) is 1. The molecule has 0 aromatic carbocycles. The van der Waals surface area contributed by atoms with Crippen LogP contribution in [0.3, 0.4) is 0 Å². The highest BCUT2D eigenvalue weighted by atomic mass is 19.3. The largest absolute Gasteiger partial charge is 0.472 e. The van der Waals surface area contributed by atoms with Crippen molar-refractivity contribution < 1.29 is 13.5 Å². The zero-order chi connectivity index (χ0) is 14.1. The van der Waals surface area contributed by atoms with Crippen LogP contribution in [-0.4, -0.2) is 30.5 Å². The number of rotatable bonds is 7. The second-order valence-corrected chi connectivity index (χ2v) is 3.83. The van der Waals surface area contributed by atoms with Crippen LogP contribution in [0.4, 0.5) is 8.78 Å². The standard InChI is InChI=1S/C12H18F2N4O/c1-2-4-17-12(15)18-7-9-3-5-16-11(6-9)19-8-10(13)14/h3,5-6,10H,2,4,7-8H2,1H3,(H3,15,17,18). The summed E-state index contributed by atoms with van der Waals surface area (Å²) in [5.41, 5.74) is 6.43. The Balaban J connectivity index is 2.52. The summed E-state index contributed by atoms with van der Waals surface area (Å²) >= 11 is 0. The van der Waals surface area contributed by atoms with Crippen molar-refractivity contribution in [2.45, 2.75) is 26.3 Å². The molecule has 19 heavy (non-hydrogen) atoms. The van der Waals surface area contributed by atoms with Gasteiger partial charge in [0.2, 0.25) is 5.88 Å². The second-order valence-electron chi connectivity index (χ2n) is 3.83. The molecule has 0 saturated heterocycles. The molecule has 1 rings (SSSR count). The third-order valence-corrected chi connectivity index (χ3v) is 2.14. The van der Waals surface area contributed by atoms with Crippen molar-refractivity contribution in [3.8, 4) is 5.88 Å². The van der Waals surface area contributed by atoms with E-state index in [1.165, 1.54) is 6.20 Å². The van der Waals surface area contributed by atoms with Gasteiger partial charge in [-0.25, -0.2) is 18.8 Å². The maximum Gasteiger partial charge on any atom is 0.272 e. The van der Waals surface area contributed by atoms with Crippen LogP contribution < -0.4 is 15.8 Å². The number of halogens is 2. The van der Waals surface area contributed by atoms with Crippen molar-refractivity contribution in [3.63, 3.8) is 0 Å². The molecule has 1 aromatic heterocycles. The molecule has 0 spiro atoms. The molecule has 1 heterocycles. The van der Waals surface area contributed by atoms with Gasteiger partial charge in [0.25, 0.3) is 6.43 Å². The van der Waals surface area contributed by atoms with E-state index in [2.05, 4.69) is 15.3 Å². The Morgan fingerprint density at radius 3 is 3.05 bits per heavy atom. The highest BCUT2D eigenvalue weighted by Gasteiger charge is 2.04. The van der Waals surface area contributed by atoms with E-state index in [1.807, 2.05) is 6.92 Å². The average molecular weight is 272 g/mol.